The lowest BCUT2D eigenvalue weighted by Crippen LogP contribution is -2.23. The number of hydrogen-bond donors (Lipinski definition) is 2. The van der Waals surface area contributed by atoms with Crippen LogP contribution in [0.15, 0.2) is 12.1 Å². The lowest BCUT2D eigenvalue weighted by Gasteiger charge is -2.17. The molecule has 1 unspecified atom stereocenters. The molecule has 1 aromatic rings. The molecule has 0 aliphatic heterocycles. The van der Waals surface area contributed by atoms with Crippen LogP contribution in [0.1, 0.15) is 29.4 Å². The standard InChI is InChI=1S/C13H21N3O2/c1-9(5-6-16(3)4)14-12-8-11(13(17)18)7-10(2)15-12/h7-9H,5-6H2,1-4H3,(H,14,15)(H,17,18). The normalized spacial score (nSPS) is 12.5. The molecule has 2 N–H and O–H groups in total. The quantitative estimate of drug-likeness (QED) is 0.807. The highest BCUT2D eigenvalue weighted by molar-refractivity contribution is 5.88. The third kappa shape index (κ3) is 4.71. The molecule has 1 aromatic heterocycles. The molecule has 0 saturated heterocycles. The molecule has 0 aromatic carbocycles. The van der Waals surface area contributed by atoms with Crippen molar-refractivity contribution in [2.75, 3.05) is 26.0 Å². The maximum Gasteiger partial charge on any atom is 0.335 e. The molecule has 1 rings (SSSR count). The predicted molar refractivity (Wildman–Crippen MR) is 72.2 cm³/mol. The highest BCUT2D eigenvalue weighted by Gasteiger charge is 2.09. The van der Waals surface area contributed by atoms with Crippen LogP contribution in [0.25, 0.3) is 0 Å². The van der Waals surface area contributed by atoms with Gasteiger partial charge in [-0.2, -0.15) is 0 Å². The number of aromatic nitrogens is 1. The maximum atomic E-state index is 10.9. The minimum absolute atomic E-state index is 0.253. The van der Waals surface area contributed by atoms with Crippen molar-refractivity contribution in [1.29, 1.82) is 0 Å². The lowest BCUT2D eigenvalue weighted by molar-refractivity contribution is 0.0696. The Morgan fingerprint density at radius 2 is 2.17 bits per heavy atom. The summed E-state index contributed by atoms with van der Waals surface area (Å²) in [6, 6.07) is 3.39. The van der Waals surface area contributed by atoms with Crippen molar-refractivity contribution in [3.05, 3.63) is 23.4 Å². The Hall–Kier alpha value is -1.62. The summed E-state index contributed by atoms with van der Waals surface area (Å²) in [6.07, 6.45) is 0.977. The molecule has 0 fully saturated rings. The number of aromatic carboxylic acids is 1. The third-order valence-electron chi connectivity index (χ3n) is 2.60. The fraction of sp³-hybridized carbons (Fsp3) is 0.538. The van der Waals surface area contributed by atoms with Crippen LogP contribution in [-0.4, -0.2) is 47.6 Å². The van der Waals surface area contributed by atoms with Gasteiger partial charge in [-0.15, -0.1) is 0 Å². The number of anilines is 1. The molecule has 1 atom stereocenters. The number of carboxylic acids is 1. The highest BCUT2D eigenvalue weighted by Crippen LogP contribution is 2.12. The first-order valence-corrected chi connectivity index (χ1v) is 6.01. The fourth-order valence-corrected chi connectivity index (χ4v) is 1.64. The minimum Gasteiger partial charge on any atom is -0.478 e. The van der Waals surface area contributed by atoms with E-state index in [-0.39, 0.29) is 11.6 Å². The monoisotopic (exact) mass is 251 g/mol. The van der Waals surface area contributed by atoms with Crippen LogP contribution in [0, 0.1) is 6.92 Å². The SMILES string of the molecule is Cc1cc(C(=O)O)cc(NC(C)CCN(C)C)n1. The van der Waals surface area contributed by atoms with E-state index in [4.69, 9.17) is 5.11 Å². The summed E-state index contributed by atoms with van der Waals surface area (Å²) in [5, 5.41) is 12.2. The van der Waals surface area contributed by atoms with Crippen molar-refractivity contribution in [2.45, 2.75) is 26.3 Å². The van der Waals surface area contributed by atoms with E-state index in [1.807, 2.05) is 14.1 Å². The predicted octanol–water partition coefficient (Wildman–Crippen LogP) is 1.84. The molecular weight excluding hydrogens is 230 g/mol. The van der Waals surface area contributed by atoms with Gasteiger partial charge in [-0.3, -0.25) is 0 Å². The molecule has 5 nitrogen and oxygen atoms in total. The molecule has 0 spiro atoms. The Kier molecular flexibility index (Phi) is 5.09. The second-order valence-electron chi connectivity index (χ2n) is 4.82. The number of nitrogens with one attached hydrogen (secondary N) is 1. The molecule has 0 radical (unpaired) electrons. The molecule has 0 amide bonds. The Balaban J connectivity index is 2.69. The fourth-order valence-electron chi connectivity index (χ4n) is 1.64. The zero-order chi connectivity index (χ0) is 13.7. The van der Waals surface area contributed by atoms with Gasteiger partial charge in [0.25, 0.3) is 0 Å². The van der Waals surface area contributed by atoms with Gasteiger partial charge >= 0.3 is 5.97 Å². The number of rotatable bonds is 6. The number of aryl methyl sites for hydroxylation is 1. The van der Waals surface area contributed by atoms with E-state index in [2.05, 4.69) is 22.1 Å². The van der Waals surface area contributed by atoms with Crippen LogP contribution in [0.2, 0.25) is 0 Å². The molecule has 0 saturated carbocycles. The zero-order valence-corrected chi connectivity index (χ0v) is 11.4. The van der Waals surface area contributed by atoms with E-state index in [0.29, 0.717) is 11.5 Å². The minimum atomic E-state index is -0.926. The smallest absolute Gasteiger partial charge is 0.335 e. The zero-order valence-electron chi connectivity index (χ0n) is 11.4. The van der Waals surface area contributed by atoms with E-state index >= 15 is 0 Å². The average molecular weight is 251 g/mol. The third-order valence-corrected chi connectivity index (χ3v) is 2.60. The van der Waals surface area contributed by atoms with E-state index in [1.54, 1.807) is 19.1 Å². The average Bonchev–Trinajstić information content (AvgIpc) is 2.25. The number of nitrogens with zero attached hydrogens (tertiary/aromatic N) is 2. The summed E-state index contributed by atoms with van der Waals surface area (Å²) < 4.78 is 0. The van der Waals surface area contributed by atoms with Gasteiger partial charge in [0.15, 0.2) is 0 Å². The second-order valence-corrected chi connectivity index (χ2v) is 4.82. The number of hydrogen-bond acceptors (Lipinski definition) is 4. The molecule has 0 aliphatic rings. The topological polar surface area (TPSA) is 65.5 Å². The van der Waals surface area contributed by atoms with Crippen LogP contribution in [-0.2, 0) is 0 Å². The van der Waals surface area contributed by atoms with Gasteiger partial charge in [-0.05, 0) is 53.0 Å². The summed E-state index contributed by atoms with van der Waals surface area (Å²) in [7, 11) is 4.06. The largest absolute Gasteiger partial charge is 0.478 e. The van der Waals surface area contributed by atoms with Gasteiger partial charge in [0.1, 0.15) is 5.82 Å². The molecular formula is C13H21N3O2. The van der Waals surface area contributed by atoms with Gasteiger partial charge in [0.05, 0.1) is 5.56 Å². The molecule has 1 heterocycles. The summed E-state index contributed by atoms with van der Waals surface area (Å²) in [6.45, 7) is 4.84. The molecule has 5 heteroatoms. The Morgan fingerprint density at radius 3 is 2.72 bits per heavy atom. The van der Waals surface area contributed by atoms with Crippen molar-refractivity contribution in [3.63, 3.8) is 0 Å². The van der Waals surface area contributed by atoms with Gasteiger partial charge in [0.2, 0.25) is 0 Å². The molecule has 0 bridgehead atoms. The summed E-state index contributed by atoms with van der Waals surface area (Å²) in [5.74, 6) is -0.303. The van der Waals surface area contributed by atoms with Crippen molar-refractivity contribution in [3.8, 4) is 0 Å². The van der Waals surface area contributed by atoms with Gasteiger partial charge in [0, 0.05) is 11.7 Å². The summed E-state index contributed by atoms with van der Waals surface area (Å²) in [5.41, 5.74) is 0.974. The first-order chi connectivity index (χ1) is 8.38. The molecule has 100 valence electrons. The van der Waals surface area contributed by atoms with E-state index in [0.717, 1.165) is 13.0 Å². The van der Waals surface area contributed by atoms with Crippen LogP contribution in [0.3, 0.4) is 0 Å². The molecule has 18 heavy (non-hydrogen) atoms. The van der Waals surface area contributed by atoms with Gasteiger partial charge < -0.3 is 15.3 Å². The van der Waals surface area contributed by atoms with E-state index in [9.17, 15) is 4.79 Å². The van der Waals surface area contributed by atoms with Crippen LogP contribution < -0.4 is 5.32 Å². The molecule has 0 aliphatic carbocycles. The maximum absolute atomic E-state index is 10.9. The van der Waals surface area contributed by atoms with E-state index < -0.39 is 5.97 Å². The van der Waals surface area contributed by atoms with Crippen LogP contribution in [0.5, 0.6) is 0 Å². The van der Waals surface area contributed by atoms with Crippen molar-refractivity contribution in [2.24, 2.45) is 0 Å². The highest BCUT2D eigenvalue weighted by atomic mass is 16.4. The van der Waals surface area contributed by atoms with Crippen LogP contribution in [0.4, 0.5) is 5.82 Å². The summed E-state index contributed by atoms with van der Waals surface area (Å²) >= 11 is 0. The Bertz CT molecular complexity index is 419. The van der Waals surface area contributed by atoms with E-state index in [1.165, 1.54) is 0 Å². The summed E-state index contributed by atoms with van der Waals surface area (Å²) in [4.78, 5) is 17.4. The first-order valence-electron chi connectivity index (χ1n) is 6.01. The second kappa shape index (κ2) is 6.35. The van der Waals surface area contributed by atoms with Crippen molar-refractivity contribution >= 4 is 11.8 Å². The Labute approximate surface area is 108 Å². The van der Waals surface area contributed by atoms with Gasteiger partial charge in [-0.25, -0.2) is 9.78 Å². The Morgan fingerprint density at radius 1 is 1.50 bits per heavy atom. The van der Waals surface area contributed by atoms with Crippen molar-refractivity contribution in [1.82, 2.24) is 9.88 Å². The lowest BCUT2D eigenvalue weighted by atomic mass is 10.2. The number of pyridine rings is 1. The van der Waals surface area contributed by atoms with Crippen LogP contribution >= 0.6 is 0 Å². The van der Waals surface area contributed by atoms with Gasteiger partial charge in [-0.1, -0.05) is 0 Å². The number of carbonyl (C=O) groups is 1. The number of carboxylic acid groups (broad SMARTS) is 1. The first kappa shape index (κ1) is 14.4. The van der Waals surface area contributed by atoms with Crippen molar-refractivity contribution < 1.29 is 9.90 Å².